The minimum absolute atomic E-state index is 0.0809. The lowest BCUT2D eigenvalue weighted by Crippen LogP contribution is -2.31. The Balaban J connectivity index is 1.53. The fourth-order valence-corrected chi connectivity index (χ4v) is 2.33. The number of hydrogen-bond acceptors (Lipinski definition) is 5. The normalized spacial score (nSPS) is 11.4. The summed E-state index contributed by atoms with van der Waals surface area (Å²) < 4.78 is 11.1. The lowest BCUT2D eigenvalue weighted by atomic mass is 10.1. The van der Waals surface area contributed by atoms with E-state index in [0.717, 1.165) is 5.56 Å². The molecule has 0 fully saturated rings. The summed E-state index contributed by atoms with van der Waals surface area (Å²) in [5.74, 6) is 0.867. The molecule has 0 spiro atoms. The van der Waals surface area contributed by atoms with Crippen LogP contribution in [0.25, 0.3) is 0 Å². The monoisotopic (exact) mass is 349 g/mol. The van der Waals surface area contributed by atoms with Gasteiger partial charge in [0.1, 0.15) is 11.5 Å². The minimum atomic E-state index is -0.195. The maximum Gasteiger partial charge on any atom is 0.321 e. The van der Waals surface area contributed by atoms with E-state index >= 15 is 0 Å². The van der Waals surface area contributed by atoms with Gasteiger partial charge in [-0.2, -0.15) is 0 Å². The van der Waals surface area contributed by atoms with E-state index in [4.69, 9.17) is 9.47 Å². The third-order valence-electron chi connectivity index (χ3n) is 3.60. The molecule has 1 unspecified atom stereocenters. The molecule has 6 nitrogen and oxygen atoms in total. The second-order valence-electron chi connectivity index (χ2n) is 5.60. The van der Waals surface area contributed by atoms with E-state index in [1.165, 1.54) is 0 Å². The van der Waals surface area contributed by atoms with Crippen molar-refractivity contribution in [2.45, 2.75) is 13.0 Å². The van der Waals surface area contributed by atoms with E-state index in [1.807, 2.05) is 37.3 Å². The number of aromatic nitrogens is 2. The summed E-state index contributed by atoms with van der Waals surface area (Å²) in [4.78, 5) is 20.1. The van der Waals surface area contributed by atoms with Crippen LogP contribution in [0.4, 0.5) is 0 Å². The second kappa shape index (κ2) is 8.62. The molecule has 1 atom stereocenters. The van der Waals surface area contributed by atoms with Crippen LogP contribution in [0, 0.1) is 0 Å². The molecule has 1 aromatic heterocycles. The van der Waals surface area contributed by atoms with Crippen molar-refractivity contribution in [3.05, 3.63) is 78.6 Å². The molecule has 0 aliphatic heterocycles. The van der Waals surface area contributed by atoms with Crippen LogP contribution in [-0.4, -0.2) is 22.5 Å². The van der Waals surface area contributed by atoms with Gasteiger partial charge in [-0.25, -0.2) is 9.97 Å². The quantitative estimate of drug-likeness (QED) is 0.706. The summed E-state index contributed by atoms with van der Waals surface area (Å²) in [6.07, 6.45) is 3.20. The third kappa shape index (κ3) is 5.04. The number of rotatable bonds is 7. The highest BCUT2D eigenvalue weighted by Crippen LogP contribution is 2.22. The van der Waals surface area contributed by atoms with Gasteiger partial charge in [-0.05, 0) is 30.7 Å². The van der Waals surface area contributed by atoms with Gasteiger partial charge in [0.15, 0.2) is 6.61 Å². The van der Waals surface area contributed by atoms with Crippen LogP contribution in [0.15, 0.2) is 73.1 Å². The molecule has 1 amide bonds. The largest absolute Gasteiger partial charge is 0.484 e. The SMILES string of the molecule is CC(NC(=O)COc1cccc(Oc2ncccn2)c1)c1ccccc1. The van der Waals surface area contributed by atoms with Crippen molar-refractivity contribution in [2.24, 2.45) is 0 Å². The average Bonchev–Trinajstić information content (AvgIpc) is 2.68. The number of nitrogens with one attached hydrogen (secondary N) is 1. The standard InChI is InChI=1S/C20H19N3O3/c1-15(16-7-3-2-4-8-16)23-19(24)14-25-17-9-5-10-18(13-17)26-20-21-11-6-12-22-20/h2-13,15H,14H2,1H3,(H,23,24). The van der Waals surface area contributed by atoms with Crippen LogP contribution in [0.3, 0.4) is 0 Å². The molecular formula is C20H19N3O3. The maximum absolute atomic E-state index is 12.1. The van der Waals surface area contributed by atoms with Crippen LogP contribution >= 0.6 is 0 Å². The first-order chi connectivity index (χ1) is 12.7. The number of carbonyl (C=O) groups is 1. The van der Waals surface area contributed by atoms with Crippen molar-refractivity contribution in [3.63, 3.8) is 0 Å². The van der Waals surface area contributed by atoms with E-state index in [1.54, 1.807) is 42.7 Å². The van der Waals surface area contributed by atoms with E-state index < -0.39 is 0 Å². The number of ether oxygens (including phenoxy) is 2. The number of benzene rings is 2. The molecule has 0 saturated carbocycles. The molecule has 0 aliphatic rings. The zero-order valence-corrected chi connectivity index (χ0v) is 14.3. The van der Waals surface area contributed by atoms with Gasteiger partial charge >= 0.3 is 6.01 Å². The first-order valence-corrected chi connectivity index (χ1v) is 8.23. The van der Waals surface area contributed by atoms with E-state index in [-0.39, 0.29) is 24.6 Å². The molecule has 0 radical (unpaired) electrons. The number of carbonyl (C=O) groups excluding carboxylic acids is 1. The van der Waals surface area contributed by atoms with Gasteiger partial charge in [0.25, 0.3) is 5.91 Å². The van der Waals surface area contributed by atoms with Crippen molar-refractivity contribution in [1.29, 1.82) is 0 Å². The Morgan fingerprint density at radius 3 is 2.50 bits per heavy atom. The van der Waals surface area contributed by atoms with E-state index in [2.05, 4.69) is 15.3 Å². The van der Waals surface area contributed by atoms with Gasteiger partial charge in [0, 0.05) is 18.5 Å². The van der Waals surface area contributed by atoms with Gasteiger partial charge in [-0.3, -0.25) is 4.79 Å². The summed E-state index contributed by atoms with van der Waals surface area (Å²) in [6.45, 7) is 1.85. The highest BCUT2D eigenvalue weighted by atomic mass is 16.5. The van der Waals surface area contributed by atoms with Crippen LogP contribution in [0.1, 0.15) is 18.5 Å². The summed E-state index contributed by atoms with van der Waals surface area (Å²) in [6, 6.07) is 18.6. The zero-order valence-electron chi connectivity index (χ0n) is 14.3. The molecule has 6 heteroatoms. The maximum atomic E-state index is 12.1. The van der Waals surface area contributed by atoms with Crippen LogP contribution in [-0.2, 0) is 4.79 Å². The zero-order chi connectivity index (χ0) is 18.2. The Bertz CT molecular complexity index is 841. The van der Waals surface area contributed by atoms with Crippen LogP contribution < -0.4 is 14.8 Å². The van der Waals surface area contributed by atoms with Gasteiger partial charge < -0.3 is 14.8 Å². The van der Waals surface area contributed by atoms with E-state index in [0.29, 0.717) is 11.5 Å². The van der Waals surface area contributed by atoms with Crippen molar-refractivity contribution >= 4 is 5.91 Å². The Hall–Kier alpha value is -3.41. The molecule has 0 bridgehead atoms. The van der Waals surface area contributed by atoms with Crippen LogP contribution in [0.2, 0.25) is 0 Å². The predicted octanol–water partition coefficient (Wildman–Crippen LogP) is 3.53. The Morgan fingerprint density at radius 1 is 1.00 bits per heavy atom. The molecule has 1 N–H and O–H groups in total. The summed E-state index contributed by atoms with van der Waals surface area (Å²) >= 11 is 0. The first-order valence-electron chi connectivity index (χ1n) is 8.23. The molecule has 26 heavy (non-hydrogen) atoms. The fraction of sp³-hybridized carbons (Fsp3) is 0.150. The minimum Gasteiger partial charge on any atom is -0.484 e. The topological polar surface area (TPSA) is 73.3 Å². The summed E-state index contributed by atoms with van der Waals surface area (Å²) in [5.41, 5.74) is 1.04. The van der Waals surface area contributed by atoms with Crippen molar-refractivity contribution in [1.82, 2.24) is 15.3 Å². The van der Waals surface area contributed by atoms with Gasteiger partial charge in [0.05, 0.1) is 6.04 Å². The molecule has 0 aliphatic carbocycles. The lowest BCUT2D eigenvalue weighted by molar-refractivity contribution is -0.123. The van der Waals surface area contributed by atoms with Crippen molar-refractivity contribution < 1.29 is 14.3 Å². The van der Waals surface area contributed by atoms with Gasteiger partial charge in [-0.1, -0.05) is 36.4 Å². The molecule has 3 aromatic rings. The third-order valence-corrected chi connectivity index (χ3v) is 3.60. The number of nitrogens with zero attached hydrogens (tertiary/aromatic N) is 2. The average molecular weight is 349 g/mol. The second-order valence-corrected chi connectivity index (χ2v) is 5.60. The summed E-state index contributed by atoms with van der Waals surface area (Å²) in [5, 5.41) is 2.91. The number of hydrogen-bond donors (Lipinski definition) is 1. The molecule has 0 saturated heterocycles. The number of amides is 1. The molecule has 1 heterocycles. The highest BCUT2D eigenvalue weighted by molar-refractivity contribution is 5.78. The molecule has 3 rings (SSSR count). The van der Waals surface area contributed by atoms with E-state index in [9.17, 15) is 4.79 Å². The van der Waals surface area contributed by atoms with Gasteiger partial charge in [-0.15, -0.1) is 0 Å². The highest BCUT2D eigenvalue weighted by Gasteiger charge is 2.10. The van der Waals surface area contributed by atoms with Crippen molar-refractivity contribution in [2.75, 3.05) is 6.61 Å². The van der Waals surface area contributed by atoms with Gasteiger partial charge in [0.2, 0.25) is 0 Å². The fourth-order valence-electron chi connectivity index (χ4n) is 2.33. The van der Waals surface area contributed by atoms with Crippen molar-refractivity contribution in [3.8, 4) is 17.5 Å². The van der Waals surface area contributed by atoms with Crippen LogP contribution in [0.5, 0.6) is 17.5 Å². The smallest absolute Gasteiger partial charge is 0.321 e. The molecule has 132 valence electrons. The first kappa shape index (κ1) is 17.4. The molecule has 2 aromatic carbocycles. The summed E-state index contributed by atoms with van der Waals surface area (Å²) in [7, 11) is 0. The molecular weight excluding hydrogens is 330 g/mol. The Morgan fingerprint density at radius 2 is 1.73 bits per heavy atom. The lowest BCUT2D eigenvalue weighted by Gasteiger charge is -2.14. The predicted molar refractivity (Wildman–Crippen MR) is 97.0 cm³/mol. The Labute approximate surface area is 151 Å². The Kier molecular flexibility index (Phi) is 5.77.